The summed E-state index contributed by atoms with van der Waals surface area (Å²) in [6, 6.07) is 11.9. The van der Waals surface area contributed by atoms with E-state index in [0.29, 0.717) is 47.0 Å². The quantitative estimate of drug-likeness (QED) is 0.526. The van der Waals surface area contributed by atoms with E-state index in [1.54, 1.807) is 24.3 Å². The van der Waals surface area contributed by atoms with E-state index >= 15 is 0 Å². The van der Waals surface area contributed by atoms with Crippen LogP contribution in [-0.4, -0.2) is 37.3 Å². The zero-order valence-electron chi connectivity index (χ0n) is 14.8. The molecular weight excluding hydrogens is 446 g/mol. The van der Waals surface area contributed by atoms with Crippen LogP contribution >= 0.6 is 27.5 Å². The summed E-state index contributed by atoms with van der Waals surface area (Å²) in [4.78, 5) is 14.8. The maximum Gasteiger partial charge on any atom is 0.266 e. The van der Waals surface area contributed by atoms with Gasteiger partial charge in [-0.25, -0.2) is 0 Å². The Morgan fingerprint density at radius 3 is 2.71 bits per heavy atom. The third-order valence-electron chi connectivity index (χ3n) is 4.21. The van der Waals surface area contributed by atoms with Crippen LogP contribution in [0.5, 0.6) is 5.75 Å². The molecule has 0 aromatic heterocycles. The first-order valence-corrected chi connectivity index (χ1v) is 9.69. The summed E-state index contributed by atoms with van der Waals surface area (Å²) < 4.78 is 5.85. The molecule has 6 nitrogen and oxygen atoms in total. The van der Waals surface area contributed by atoms with Crippen LogP contribution in [0, 0.1) is 11.3 Å². The molecule has 2 aromatic rings. The third-order valence-corrected chi connectivity index (χ3v) is 5.08. The third kappa shape index (κ3) is 4.84. The number of aromatic hydroxyl groups is 1. The lowest BCUT2D eigenvalue weighted by molar-refractivity contribution is -0.112. The van der Waals surface area contributed by atoms with Gasteiger partial charge >= 0.3 is 0 Å². The SMILES string of the molecule is N#C/C(=C\c1ccc(O)c(Br)c1)C(=O)Nc1cc(Cl)ccc1N1CCOCC1. The smallest absolute Gasteiger partial charge is 0.266 e. The Morgan fingerprint density at radius 1 is 1.29 bits per heavy atom. The lowest BCUT2D eigenvalue weighted by atomic mass is 10.1. The van der Waals surface area contributed by atoms with Gasteiger partial charge < -0.3 is 20.1 Å². The van der Waals surface area contributed by atoms with E-state index in [2.05, 4.69) is 26.1 Å². The number of amides is 1. The predicted molar refractivity (Wildman–Crippen MR) is 113 cm³/mol. The molecule has 1 aliphatic rings. The lowest BCUT2D eigenvalue weighted by Crippen LogP contribution is -2.36. The van der Waals surface area contributed by atoms with Gasteiger partial charge in [0.25, 0.3) is 5.91 Å². The number of benzene rings is 2. The molecule has 144 valence electrons. The monoisotopic (exact) mass is 461 g/mol. The number of hydrogen-bond acceptors (Lipinski definition) is 5. The average Bonchev–Trinajstić information content (AvgIpc) is 2.69. The second kappa shape index (κ2) is 9.11. The van der Waals surface area contributed by atoms with Crippen molar-refractivity contribution in [1.82, 2.24) is 0 Å². The Morgan fingerprint density at radius 2 is 2.04 bits per heavy atom. The summed E-state index contributed by atoms with van der Waals surface area (Å²) >= 11 is 9.33. The number of nitrogens with one attached hydrogen (secondary N) is 1. The topological polar surface area (TPSA) is 85.6 Å². The maximum atomic E-state index is 12.7. The Labute approximate surface area is 176 Å². The summed E-state index contributed by atoms with van der Waals surface area (Å²) in [5, 5.41) is 22.3. The van der Waals surface area contributed by atoms with Gasteiger partial charge in [-0.2, -0.15) is 5.26 Å². The fourth-order valence-corrected chi connectivity index (χ4v) is 3.37. The molecule has 0 atom stereocenters. The second-order valence-corrected chi connectivity index (χ2v) is 7.39. The number of halogens is 2. The normalized spacial score (nSPS) is 14.5. The van der Waals surface area contributed by atoms with E-state index in [1.165, 1.54) is 12.1 Å². The Bertz CT molecular complexity index is 966. The minimum absolute atomic E-state index is 0.0644. The molecule has 28 heavy (non-hydrogen) atoms. The Hall–Kier alpha value is -2.53. The van der Waals surface area contributed by atoms with Crippen molar-refractivity contribution in [2.24, 2.45) is 0 Å². The number of phenols is 1. The van der Waals surface area contributed by atoms with Gasteiger partial charge in [-0.05, 0) is 57.9 Å². The fourth-order valence-electron chi connectivity index (χ4n) is 2.81. The molecule has 0 spiro atoms. The number of nitriles is 1. The first-order chi connectivity index (χ1) is 13.5. The van der Waals surface area contributed by atoms with Crippen molar-refractivity contribution < 1.29 is 14.6 Å². The van der Waals surface area contributed by atoms with E-state index in [4.69, 9.17) is 16.3 Å². The number of phenolic OH excluding ortho intramolecular Hbond substituents is 1. The zero-order chi connectivity index (χ0) is 20.1. The van der Waals surface area contributed by atoms with E-state index in [9.17, 15) is 15.2 Å². The van der Waals surface area contributed by atoms with Gasteiger partial charge in [0.05, 0.1) is 29.1 Å². The number of carbonyl (C=O) groups is 1. The zero-order valence-corrected chi connectivity index (χ0v) is 17.1. The van der Waals surface area contributed by atoms with Crippen LogP contribution in [0.2, 0.25) is 5.02 Å². The fraction of sp³-hybridized carbons (Fsp3) is 0.200. The standard InChI is InChI=1S/C20H17BrClN3O3/c21-16-10-13(1-4-19(16)26)9-14(12-23)20(27)24-17-11-15(22)2-3-18(17)25-5-7-28-8-6-25/h1-4,9-11,26H,5-8H2,(H,24,27)/b14-9+. The summed E-state index contributed by atoms with van der Waals surface area (Å²) in [6.07, 6.45) is 1.46. The maximum absolute atomic E-state index is 12.7. The van der Waals surface area contributed by atoms with Crippen LogP contribution in [0.3, 0.4) is 0 Å². The van der Waals surface area contributed by atoms with Crippen LogP contribution in [0.25, 0.3) is 6.08 Å². The van der Waals surface area contributed by atoms with E-state index in [0.717, 1.165) is 5.69 Å². The molecule has 2 aromatic carbocycles. The second-order valence-electron chi connectivity index (χ2n) is 6.10. The Kier molecular flexibility index (Phi) is 6.57. The minimum Gasteiger partial charge on any atom is -0.507 e. The molecule has 0 aliphatic carbocycles. The number of rotatable bonds is 4. The van der Waals surface area contributed by atoms with Crippen LogP contribution in [0.4, 0.5) is 11.4 Å². The van der Waals surface area contributed by atoms with Crippen molar-refractivity contribution >= 4 is 50.9 Å². The first kappa shape index (κ1) is 20.2. The molecule has 8 heteroatoms. The molecule has 0 unspecified atom stereocenters. The summed E-state index contributed by atoms with van der Waals surface area (Å²) in [7, 11) is 0. The molecule has 1 fully saturated rings. The molecular formula is C20H17BrClN3O3. The summed E-state index contributed by atoms with van der Waals surface area (Å²) in [5.41, 5.74) is 1.90. The number of ether oxygens (including phenoxy) is 1. The molecule has 0 radical (unpaired) electrons. The van der Waals surface area contributed by atoms with Crippen molar-refractivity contribution in [2.75, 3.05) is 36.5 Å². The number of morpholine rings is 1. The minimum atomic E-state index is -0.538. The highest BCUT2D eigenvalue weighted by atomic mass is 79.9. The molecule has 0 saturated carbocycles. The van der Waals surface area contributed by atoms with Gasteiger partial charge in [-0.1, -0.05) is 17.7 Å². The van der Waals surface area contributed by atoms with E-state index in [-0.39, 0.29) is 11.3 Å². The summed E-state index contributed by atoms with van der Waals surface area (Å²) in [5.74, 6) is -0.460. The van der Waals surface area contributed by atoms with Crippen LogP contribution in [0.1, 0.15) is 5.56 Å². The van der Waals surface area contributed by atoms with Gasteiger partial charge in [0.1, 0.15) is 17.4 Å². The molecule has 0 bridgehead atoms. The van der Waals surface area contributed by atoms with Crippen LogP contribution in [-0.2, 0) is 9.53 Å². The van der Waals surface area contributed by atoms with Gasteiger partial charge in [-0.3, -0.25) is 4.79 Å². The van der Waals surface area contributed by atoms with Gasteiger partial charge in [0.15, 0.2) is 0 Å². The highest BCUT2D eigenvalue weighted by Crippen LogP contribution is 2.30. The number of anilines is 2. The van der Waals surface area contributed by atoms with E-state index in [1.807, 2.05) is 12.1 Å². The van der Waals surface area contributed by atoms with Gasteiger partial charge in [-0.15, -0.1) is 0 Å². The Balaban J connectivity index is 1.86. The number of hydrogen-bond donors (Lipinski definition) is 2. The highest BCUT2D eigenvalue weighted by Gasteiger charge is 2.18. The van der Waals surface area contributed by atoms with Gasteiger partial charge in [0, 0.05) is 18.1 Å². The molecule has 1 amide bonds. The van der Waals surface area contributed by atoms with Crippen molar-refractivity contribution in [3.05, 3.63) is 57.0 Å². The van der Waals surface area contributed by atoms with Crippen molar-refractivity contribution in [1.29, 1.82) is 5.26 Å². The largest absolute Gasteiger partial charge is 0.507 e. The van der Waals surface area contributed by atoms with Crippen molar-refractivity contribution in [2.45, 2.75) is 0 Å². The number of nitrogens with zero attached hydrogens (tertiary/aromatic N) is 2. The number of carbonyl (C=O) groups excluding carboxylic acids is 1. The molecule has 3 rings (SSSR count). The van der Waals surface area contributed by atoms with Crippen molar-refractivity contribution in [3.8, 4) is 11.8 Å². The molecule has 1 heterocycles. The van der Waals surface area contributed by atoms with Crippen LogP contribution in [0.15, 0.2) is 46.4 Å². The lowest BCUT2D eigenvalue weighted by Gasteiger charge is -2.30. The highest BCUT2D eigenvalue weighted by molar-refractivity contribution is 9.10. The molecule has 1 aliphatic heterocycles. The predicted octanol–water partition coefficient (Wildman–Crippen LogP) is 4.19. The molecule has 1 saturated heterocycles. The average molecular weight is 463 g/mol. The van der Waals surface area contributed by atoms with Crippen LogP contribution < -0.4 is 10.2 Å². The van der Waals surface area contributed by atoms with E-state index < -0.39 is 5.91 Å². The molecule has 2 N–H and O–H groups in total. The van der Waals surface area contributed by atoms with Gasteiger partial charge in [0.2, 0.25) is 0 Å². The summed E-state index contributed by atoms with van der Waals surface area (Å²) in [6.45, 7) is 2.62. The van der Waals surface area contributed by atoms with Crippen molar-refractivity contribution in [3.63, 3.8) is 0 Å². The first-order valence-electron chi connectivity index (χ1n) is 8.52.